The largest absolute Gasteiger partial charge is 0.386 e. The molecule has 1 N–H and O–H groups in total. The molecule has 1 heterocycles. The maximum absolute atomic E-state index is 13.4. The molecule has 2 rings (SSSR count). The molecule has 1 unspecified atom stereocenters. The number of thiazole rings is 1. The lowest BCUT2D eigenvalue weighted by Gasteiger charge is -2.09. The number of rotatable bonds is 3. The van der Waals surface area contributed by atoms with Gasteiger partial charge in [0.05, 0.1) is 10.7 Å². The Morgan fingerprint density at radius 1 is 1.41 bits per heavy atom. The minimum atomic E-state index is -0.906. The third kappa shape index (κ3) is 2.68. The Morgan fingerprint density at radius 3 is 2.82 bits per heavy atom. The van der Waals surface area contributed by atoms with Crippen LogP contribution in [0.2, 0.25) is 0 Å². The van der Waals surface area contributed by atoms with Crippen molar-refractivity contribution >= 4 is 11.3 Å². The van der Waals surface area contributed by atoms with Gasteiger partial charge in [-0.2, -0.15) is 0 Å². The second-order valence-corrected chi connectivity index (χ2v) is 4.79. The number of halogens is 2. The van der Waals surface area contributed by atoms with Gasteiger partial charge < -0.3 is 5.11 Å². The van der Waals surface area contributed by atoms with Crippen LogP contribution in [0.4, 0.5) is 8.78 Å². The molecule has 1 atom stereocenters. The molecule has 0 aliphatic rings. The van der Waals surface area contributed by atoms with Crippen molar-refractivity contribution in [3.63, 3.8) is 0 Å². The van der Waals surface area contributed by atoms with Crippen molar-refractivity contribution in [2.24, 2.45) is 0 Å². The Labute approximate surface area is 102 Å². The van der Waals surface area contributed by atoms with Crippen molar-refractivity contribution < 1.29 is 13.9 Å². The summed E-state index contributed by atoms with van der Waals surface area (Å²) in [5, 5.41) is 12.4. The summed E-state index contributed by atoms with van der Waals surface area (Å²) in [7, 11) is 0. The van der Waals surface area contributed by atoms with E-state index in [2.05, 4.69) is 4.98 Å². The molecule has 0 saturated heterocycles. The molecule has 17 heavy (non-hydrogen) atoms. The van der Waals surface area contributed by atoms with Crippen LogP contribution in [0.1, 0.15) is 22.4 Å². The van der Waals surface area contributed by atoms with E-state index in [-0.39, 0.29) is 12.0 Å². The van der Waals surface area contributed by atoms with E-state index in [0.29, 0.717) is 5.69 Å². The van der Waals surface area contributed by atoms with E-state index >= 15 is 0 Å². The van der Waals surface area contributed by atoms with Gasteiger partial charge in [-0.15, -0.1) is 11.3 Å². The fourth-order valence-corrected chi connectivity index (χ4v) is 2.21. The van der Waals surface area contributed by atoms with E-state index in [0.717, 1.165) is 11.1 Å². The van der Waals surface area contributed by atoms with Gasteiger partial charge in [-0.3, -0.25) is 0 Å². The quantitative estimate of drug-likeness (QED) is 0.914. The molecular formula is C12H11F2NOS. The first kappa shape index (κ1) is 12.1. The van der Waals surface area contributed by atoms with Crippen LogP contribution >= 0.6 is 11.3 Å². The zero-order valence-electron chi connectivity index (χ0n) is 9.15. The van der Waals surface area contributed by atoms with E-state index in [1.807, 2.05) is 6.92 Å². The van der Waals surface area contributed by atoms with Gasteiger partial charge in [-0.25, -0.2) is 13.8 Å². The summed E-state index contributed by atoms with van der Waals surface area (Å²) >= 11 is 1.41. The number of aliphatic hydroxyl groups excluding tert-OH is 1. The van der Waals surface area contributed by atoms with Gasteiger partial charge in [0, 0.05) is 11.8 Å². The molecule has 0 bridgehead atoms. The van der Waals surface area contributed by atoms with Crippen LogP contribution in [0.25, 0.3) is 0 Å². The van der Waals surface area contributed by atoms with Gasteiger partial charge in [0.1, 0.15) is 6.10 Å². The zero-order valence-corrected chi connectivity index (χ0v) is 9.97. The first-order chi connectivity index (χ1) is 8.08. The molecule has 2 nitrogen and oxygen atoms in total. The standard InChI is InChI=1S/C12H11F2NOS/c1-7-15-10(6-17-7)11(16)5-8-3-2-4-9(13)12(8)14/h2-4,6,11,16H,5H2,1H3. The molecule has 0 fully saturated rings. The molecule has 90 valence electrons. The van der Waals surface area contributed by atoms with Crippen molar-refractivity contribution in [3.8, 4) is 0 Å². The Hall–Kier alpha value is -1.33. The minimum absolute atomic E-state index is 0.0206. The number of aromatic nitrogens is 1. The smallest absolute Gasteiger partial charge is 0.162 e. The summed E-state index contributed by atoms with van der Waals surface area (Å²) in [6.45, 7) is 1.82. The molecule has 1 aromatic carbocycles. The summed E-state index contributed by atoms with van der Waals surface area (Å²) in [6, 6.07) is 3.94. The van der Waals surface area contributed by atoms with Gasteiger partial charge in [0.25, 0.3) is 0 Å². The van der Waals surface area contributed by atoms with Crippen LogP contribution in [0.5, 0.6) is 0 Å². The Kier molecular flexibility index (Phi) is 3.49. The van der Waals surface area contributed by atoms with Gasteiger partial charge in [0.15, 0.2) is 11.6 Å². The van der Waals surface area contributed by atoms with Crippen molar-refractivity contribution in [2.75, 3.05) is 0 Å². The molecule has 2 aromatic rings. The van der Waals surface area contributed by atoms with Crippen LogP contribution in [-0.2, 0) is 6.42 Å². The van der Waals surface area contributed by atoms with Crippen LogP contribution in [-0.4, -0.2) is 10.1 Å². The topological polar surface area (TPSA) is 33.1 Å². The summed E-state index contributed by atoms with van der Waals surface area (Å²) in [4.78, 5) is 4.11. The molecule has 0 spiro atoms. The maximum Gasteiger partial charge on any atom is 0.162 e. The third-order valence-electron chi connectivity index (χ3n) is 2.42. The molecule has 0 amide bonds. The van der Waals surface area contributed by atoms with Gasteiger partial charge in [-0.1, -0.05) is 12.1 Å². The number of aryl methyl sites for hydroxylation is 1. The maximum atomic E-state index is 13.4. The van der Waals surface area contributed by atoms with Crippen molar-refractivity contribution in [2.45, 2.75) is 19.4 Å². The summed E-state index contributed by atoms with van der Waals surface area (Å²) in [5.41, 5.74) is 0.652. The average Bonchev–Trinajstić information content (AvgIpc) is 2.72. The second-order valence-electron chi connectivity index (χ2n) is 3.72. The van der Waals surface area contributed by atoms with Crippen LogP contribution in [0.3, 0.4) is 0 Å². The lowest BCUT2D eigenvalue weighted by atomic mass is 10.1. The molecule has 5 heteroatoms. The monoisotopic (exact) mass is 255 g/mol. The van der Waals surface area contributed by atoms with E-state index in [9.17, 15) is 13.9 Å². The van der Waals surface area contributed by atoms with E-state index < -0.39 is 17.7 Å². The molecule has 0 saturated carbocycles. The second kappa shape index (κ2) is 4.89. The van der Waals surface area contributed by atoms with Crippen LogP contribution in [0.15, 0.2) is 23.6 Å². The Morgan fingerprint density at radius 2 is 2.18 bits per heavy atom. The first-order valence-corrected chi connectivity index (χ1v) is 5.99. The van der Waals surface area contributed by atoms with Crippen LogP contribution in [0, 0.1) is 18.6 Å². The normalized spacial score (nSPS) is 12.7. The Balaban J connectivity index is 2.18. The third-order valence-corrected chi connectivity index (χ3v) is 3.21. The van der Waals surface area contributed by atoms with Gasteiger partial charge in [-0.05, 0) is 18.6 Å². The number of benzene rings is 1. The number of nitrogens with zero attached hydrogens (tertiary/aromatic N) is 1. The highest BCUT2D eigenvalue weighted by Crippen LogP contribution is 2.22. The fraction of sp³-hybridized carbons (Fsp3) is 0.250. The molecule has 0 radical (unpaired) electrons. The highest BCUT2D eigenvalue weighted by atomic mass is 32.1. The molecule has 0 aliphatic carbocycles. The lowest BCUT2D eigenvalue weighted by molar-refractivity contribution is 0.172. The number of hydrogen-bond acceptors (Lipinski definition) is 3. The minimum Gasteiger partial charge on any atom is -0.386 e. The fourth-order valence-electron chi connectivity index (χ4n) is 1.55. The van der Waals surface area contributed by atoms with Crippen LogP contribution < -0.4 is 0 Å². The zero-order chi connectivity index (χ0) is 12.4. The predicted molar refractivity (Wildman–Crippen MR) is 61.9 cm³/mol. The molecule has 0 aliphatic heterocycles. The van der Waals surface area contributed by atoms with Gasteiger partial charge in [0.2, 0.25) is 0 Å². The highest BCUT2D eigenvalue weighted by molar-refractivity contribution is 7.09. The summed E-state index contributed by atoms with van der Waals surface area (Å²) in [5.74, 6) is -1.80. The Bertz CT molecular complexity index is 527. The predicted octanol–water partition coefficient (Wildman–Crippen LogP) is 3.01. The van der Waals surface area contributed by atoms with E-state index in [1.54, 1.807) is 5.38 Å². The molecule has 1 aromatic heterocycles. The summed E-state index contributed by atoms with van der Waals surface area (Å²) in [6.07, 6.45) is -0.886. The van der Waals surface area contributed by atoms with Crippen molar-refractivity contribution in [3.05, 3.63) is 51.5 Å². The average molecular weight is 255 g/mol. The van der Waals surface area contributed by atoms with E-state index in [1.165, 1.54) is 23.5 Å². The SMILES string of the molecule is Cc1nc(C(O)Cc2cccc(F)c2F)cs1. The summed E-state index contributed by atoms with van der Waals surface area (Å²) < 4.78 is 26.3. The highest BCUT2D eigenvalue weighted by Gasteiger charge is 2.15. The number of aliphatic hydroxyl groups is 1. The first-order valence-electron chi connectivity index (χ1n) is 5.11. The van der Waals surface area contributed by atoms with Gasteiger partial charge >= 0.3 is 0 Å². The van der Waals surface area contributed by atoms with Crippen molar-refractivity contribution in [1.82, 2.24) is 4.98 Å². The number of hydrogen-bond donors (Lipinski definition) is 1. The van der Waals surface area contributed by atoms with E-state index in [4.69, 9.17) is 0 Å². The van der Waals surface area contributed by atoms with Crippen molar-refractivity contribution in [1.29, 1.82) is 0 Å². The lowest BCUT2D eigenvalue weighted by Crippen LogP contribution is -2.05. The molecular weight excluding hydrogens is 244 g/mol.